The van der Waals surface area contributed by atoms with E-state index in [4.69, 9.17) is 0 Å². The van der Waals surface area contributed by atoms with Gasteiger partial charge in [-0.25, -0.2) is 4.98 Å². The third-order valence-corrected chi connectivity index (χ3v) is 6.21. The van der Waals surface area contributed by atoms with E-state index in [0.29, 0.717) is 6.04 Å². The van der Waals surface area contributed by atoms with Crippen molar-refractivity contribution < 1.29 is 0 Å². The predicted molar refractivity (Wildman–Crippen MR) is 108 cm³/mol. The standard InChI is InChI=1S/C19H27N5S/c1-13-17-11-21-19-16(8-9-20-19)18(17)24(12-23(13)2)15-6-4-14(5-7-15)10-22-25-3/h8-9,11,14-15,22H,1,4-7,10,12H2,2-3H3,(H,20,21). The minimum Gasteiger partial charge on any atom is -0.357 e. The molecule has 0 atom stereocenters. The summed E-state index contributed by atoms with van der Waals surface area (Å²) in [7, 11) is 2.13. The third-order valence-electron chi connectivity index (χ3n) is 5.75. The summed E-state index contributed by atoms with van der Waals surface area (Å²) in [6.45, 7) is 6.33. The van der Waals surface area contributed by atoms with E-state index >= 15 is 0 Å². The lowest BCUT2D eigenvalue weighted by Crippen LogP contribution is -2.47. The molecule has 3 heterocycles. The molecule has 0 spiro atoms. The number of nitrogens with zero attached hydrogens (tertiary/aromatic N) is 3. The molecule has 134 valence electrons. The molecule has 0 radical (unpaired) electrons. The third kappa shape index (κ3) is 3.02. The molecular weight excluding hydrogens is 330 g/mol. The second-order valence-corrected chi connectivity index (χ2v) is 7.94. The predicted octanol–water partition coefficient (Wildman–Crippen LogP) is 3.67. The molecule has 0 saturated heterocycles. The quantitative estimate of drug-likeness (QED) is 0.818. The van der Waals surface area contributed by atoms with Crippen LogP contribution in [-0.2, 0) is 0 Å². The van der Waals surface area contributed by atoms with Crippen molar-refractivity contribution >= 4 is 34.4 Å². The molecule has 2 N–H and O–H groups in total. The summed E-state index contributed by atoms with van der Waals surface area (Å²) in [5.41, 5.74) is 4.53. The van der Waals surface area contributed by atoms with Gasteiger partial charge in [-0.05, 0) is 43.9 Å². The number of nitrogens with one attached hydrogen (secondary N) is 2. The molecular formula is C19H27N5S. The first-order chi connectivity index (χ1) is 12.2. The molecule has 6 heteroatoms. The molecule has 1 aliphatic heterocycles. The minimum atomic E-state index is 0.598. The lowest BCUT2D eigenvalue weighted by Gasteiger charge is -2.45. The van der Waals surface area contributed by atoms with Gasteiger partial charge in [0.15, 0.2) is 0 Å². The molecule has 0 unspecified atom stereocenters. The second kappa shape index (κ2) is 6.92. The number of rotatable bonds is 4. The van der Waals surface area contributed by atoms with E-state index in [0.717, 1.165) is 30.5 Å². The lowest BCUT2D eigenvalue weighted by molar-refractivity contribution is 0.298. The number of pyridine rings is 1. The number of hydrogen-bond acceptors (Lipinski definition) is 5. The molecule has 0 aromatic carbocycles. The first-order valence-corrected chi connectivity index (χ1v) is 10.3. The van der Waals surface area contributed by atoms with Crippen molar-refractivity contribution in [2.45, 2.75) is 31.7 Å². The van der Waals surface area contributed by atoms with Crippen LogP contribution in [-0.4, -0.2) is 47.4 Å². The molecule has 0 amide bonds. The van der Waals surface area contributed by atoms with E-state index in [2.05, 4.69) is 50.4 Å². The Hall–Kier alpha value is -1.66. The molecule has 5 nitrogen and oxygen atoms in total. The maximum atomic E-state index is 4.58. The van der Waals surface area contributed by atoms with Crippen molar-refractivity contribution in [2.24, 2.45) is 5.92 Å². The van der Waals surface area contributed by atoms with Crippen LogP contribution >= 0.6 is 11.9 Å². The molecule has 2 aromatic rings. The number of aromatic amines is 1. The summed E-state index contributed by atoms with van der Waals surface area (Å²) >= 11 is 1.73. The normalized spacial score (nSPS) is 24.0. The van der Waals surface area contributed by atoms with Gasteiger partial charge in [0.25, 0.3) is 0 Å². The highest BCUT2D eigenvalue weighted by molar-refractivity contribution is 7.96. The van der Waals surface area contributed by atoms with Crippen LogP contribution in [0.5, 0.6) is 0 Å². The van der Waals surface area contributed by atoms with Crippen LogP contribution in [0.1, 0.15) is 31.2 Å². The molecule has 25 heavy (non-hydrogen) atoms. The Balaban J connectivity index is 1.62. The number of aromatic nitrogens is 2. The van der Waals surface area contributed by atoms with E-state index in [9.17, 15) is 0 Å². The molecule has 1 fully saturated rings. The van der Waals surface area contributed by atoms with Crippen molar-refractivity contribution in [3.05, 3.63) is 30.6 Å². The van der Waals surface area contributed by atoms with Gasteiger partial charge in [0.1, 0.15) is 5.65 Å². The van der Waals surface area contributed by atoms with Gasteiger partial charge in [0.2, 0.25) is 0 Å². The monoisotopic (exact) mass is 357 g/mol. The number of fused-ring (bicyclic) bond motifs is 3. The van der Waals surface area contributed by atoms with Gasteiger partial charge in [0, 0.05) is 48.7 Å². The average molecular weight is 358 g/mol. The van der Waals surface area contributed by atoms with Gasteiger partial charge in [-0.15, -0.1) is 0 Å². The Morgan fingerprint density at radius 2 is 2.16 bits per heavy atom. The highest BCUT2D eigenvalue weighted by Crippen LogP contribution is 2.41. The Labute approximate surface area is 154 Å². The molecule has 2 aliphatic rings. The van der Waals surface area contributed by atoms with Gasteiger partial charge in [-0.1, -0.05) is 18.5 Å². The van der Waals surface area contributed by atoms with E-state index in [-0.39, 0.29) is 0 Å². The topological polar surface area (TPSA) is 47.2 Å². The fourth-order valence-electron chi connectivity index (χ4n) is 4.26. The van der Waals surface area contributed by atoms with Crippen molar-refractivity contribution in [1.29, 1.82) is 0 Å². The fourth-order valence-corrected chi connectivity index (χ4v) is 4.67. The van der Waals surface area contributed by atoms with E-state index in [1.807, 2.05) is 12.4 Å². The van der Waals surface area contributed by atoms with E-state index < -0.39 is 0 Å². The average Bonchev–Trinajstić information content (AvgIpc) is 3.12. The van der Waals surface area contributed by atoms with Gasteiger partial charge in [0.05, 0.1) is 12.4 Å². The summed E-state index contributed by atoms with van der Waals surface area (Å²) < 4.78 is 3.43. The summed E-state index contributed by atoms with van der Waals surface area (Å²) in [6, 6.07) is 2.75. The van der Waals surface area contributed by atoms with E-state index in [1.54, 1.807) is 11.9 Å². The highest BCUT2D eigenvalue weighted by Gasteiger charge is 2.33. The zero-order valence-corrected chi connectivity index (χ0v) is 15.9. The Bertz CT molecular complexity index is 762. The largest absolute Gasteiger partial charge is 0.357 e. The fraction of sp³-hybridized carbons (Fsp3) is 0.526. The number of H-pyrrole nitrogens is 1. The summed E-state index contributed by atoms with van der Waals surface area (Å²) in [5, 5.41) is 1.22. The second-order valence-electron chi connectivity index (χ2n) is 7.24. The van der Waals surface area contributed by atoms with Crippen molar-refractivity contribution in [2.75, 3.05) is 31.4 Å². The van der Waals surface area contributed by atoms with Crippen molar-refractivity contribution in [1.82, 2.24) is 19.6 Å². The van der Waals surface area contributed by atoms with Crippen molar-refractivity contribution in [3.63, 3.8) is 0 Å². The van der Waals surface area contributed by atoms with Crippen LogP contribution in [0.2, 0.25) is 0 Å². The number of hydrogen-bond donors (Lipinski definition) is 2. The van der Waals surface area contributed by atoms with E-state index in [1.165, 1.54) is 42.3 Å². The first-order valence-electron chi connectivity index (χ1n) is 9.08. The van der Waals surface area contributed by atoms with Crippen molar-refractivity contribution in [3.8, 4) is 0 Å². The van der Waals surface area contributed by atoms with Gasteiger partial charge < -0.3 is 14.8 Å². The summed E-state index contributed by atoms with van der Waals surface area (Å²) in [6.07, 6.45) is 11.2. The Morgan fingerprint density at radius 3 is 2.92 bits per heavy atom. The zero-order valence-electron chi connectivity index (χ0n) is 15.1. The molecule has 1 aliphatic carbocycles. The van der Waals surface area contributed by atoms with Crippen LogP contribution in [0.15, 0.2) is 25.0 Å². The van der Waals surface area contributed by atoms with Crippen LogP contribution in [0, 0.1) is 5.92 Å². The highest BCUT2D eigenvalue weighted by atomic mass is 32.2. The molecule has 0 bridgehead atoms. The maximum absolute atomic E-state index is 4.58. The maximum Gasteiger partial charge on any atom is 0.139 e. The Kier molecular flexibility index (Phi) is 4.65. The first kappa shape index (κ1) is 16.8. The Morgan fingerprint density at radius 1 is 1.36 bits per heavy atom. The summed E-state index contributed by atoms with van der Waals surface area (Å²) in [4.78, 5) is 12.7. The van der Waals surface area contributed by atoms with Crippen LogP contribution in [0.3, 0.4) is 0 Å². The van der Waals surface area contributed by atoms with Gasteiger partial charge >= 0.3 is 0 Å². The molecule has 2 aromatic heterocycles. The lowest BCUT2D eigenvalue weighted by atomic mass is 9.84. The van der Waals surface area contributed by atoms with Crippen LogP contribution in [0.25, 0.3) is 16.7 Å². The van der Waals surface area contributed by atoms with Gasteiger partial charge in [-0.3, -0.25) is 4.72 Å². The smallest absolute Gasteiger partial charge is 0.139 e. The minimum absolute atomic E-state index is 0.598. The SMILES string of the molecule is C=C1c2cnc3[nH]ccc3c2N(C2CCC(CNSC)CC2)CN1C. The number of anilines is 1. The van der Waals surface area contributed by atoms with Gasteiger partial charge in [-0.2, -0.15) is 0 Å². The van der Waals surface area contributed by atoms with Crippen LogP contribution in [0.4, 0.5) is 5.69 Å². The van der Waals surface area contributed by atoms with Crippen LogP contribution < -0.4 is 9.62 Å². The molecule has 1 saturated carbocycles. The zero-order chi connectivity index (χ0) is 17.4. The summed E-state index contributed by atoms with van der Waals surface area (Å²) in [5.74, 6) is 0.811. The molecule has 4 rings (SSSR count).